The lowest BCUT2D eigenvalue weighted by molar-refractivity contribution is 0.0698. The molecular formula is C17H22N2O2. The average molecular weight is 286 g/mol. The summed E-state index contributed by atoms with van der Waals surface area (Å²) in [7, 11) is 0. The summed E-state index contributed by atoms with van der Waals surface area (Å²) in [4.78, 5) is 16.0. The molecule has 1 aromatic carbocycles. The molecule has 2 aromatic rings. The number of carbonyl (C=O) groups is 1. The third-order valence-electron chi connectivity index (χ3n) is 4.82. The molecule has 4 nitrogen and oxygen atoms in total. The number of para-hydroxylation sites is 1. The van der Waals surface area contributed by atoms with E-state index in [4.69, 9.17) is 0 Å². The highest BCUT2D eigenvalue weighted by atomic mass is 16.4. The minimum absolute atomic E-state index is 0.359. The molecule has 1 aliphatic rings. The molecule has 1 saturated carbocycles. The Labute approximate surface area is 124 Å². The molecule has 2 unspecified atom stereocenters. The molecule has 1 aromatic heterocycles. The molecule has 21 heavy (non-hydrogen) atoms. The van der Waals surface area contributed by atoms with E-state index in [0.717, 1.165) is 17.5 Å². The maximum absolute atomic E-state index is 11.5. The van der Waals surface area contributed by atoms with Crippen molar-refractivity contribution in [1.82, 2.24) is 9.55 Å². The van der Waals surface area contributed by atoms with Crippen LogP contribution in [0, 0.1) is 11.8 Å². The van der Waals surface area contributed by atoms with Crippen LogP contribution in [0.4, 0.5) is 0 Å². The minimum Gasteiger partial charge on any atom is -0.478 e. The largest absolute Gasteiger partial charge is 0.478 e. The Bertz CT molecular complexity index is 660. The van der Waals surface area contributed by atoms with Crippen LogP contribution < -0.4 is 0 Å². The van der Waals surface area contributed by atoms with Gasteiger partial charge in [-0.2, -0.15) is 0 Å². The van der Waals surface area contributed by atoms with Gasteiger partial charge in [-0.3, -0.25) is 0 Å². The van der Waals surface area contributed by atoms with E-state index in [2.05, 4.69) is 23.4 Å². The van der Waals surface area contributed by atoms with Crippen molar-refractivity contribution in [1.29, 1.82) is 0 Å². The number of hydrogen-bond donors (Lipinski definition) is 1. The first-order chi connectivity index (χ1) is 10.1. The number of carboxylic acid groups (broad SMARTS) is 1. The maximum atomic E-state index is 11.5. The van der Waals surface area contributed by atoms with Crippen LogP contribution in [0.1, 0.15) is 55.9 Å². The Balaban J connectivity index is 2.13. The van der Waals surface area contributed by atoms with Gasteiger partial charge in [0.15, 0.2) is 0 Å². The number of fused-ring (bicyclic) bond motifs is 1. The number of aromatic carboxylic acids is 1. The molecule has 2 atom stereocenters. The molecule has 0 aliphatic heterocycles. The Morgan fingerprint density at radius 2 is 2.10 bits per heavy atom. The van der Waals surface area contributed by atoms with Crippen molar-refractivity contribution in [3.8, 4) is 0 Å². The third-order valence-corrected chi connectivity index (χ3v) is 4.82. The fourth-order valence-electron chi connectivity index (χ4n) is 3.78. The number of carboxylic acids is 1. The summed E-state index contributed by atoms with van der Waals surface area (Å²) in [6.45, 7) is 4.53. The Hall–Kier alpha value is -1.84. The molecule has 112 valence electrons. The lowest BCUT2D eigenvalue weighted by Gasteiger charge is -2.35. The standard InChI is InChI=1S/C17H22N2O2/c1-11(2)12-6-3-4-9-15(12)19-10-18-14-8-5-7-13(16(14)19)17(20)21/h5,7-8,10-12,15H,3-4,6,9H2,1-2H3,(H,20,21). The zero-order chi connectivity index (χ0) is 15.0. The maximum Gasteiger partial charge on any atom is 0.337 e. The second-order valence-corrected chi connectivity index (χ2v) is 6.39. The van der Waals surface area contributed by atoms with Gasteiger partial charge in [0.25, 0.3) is 0 Å². The summed E-state index contributed by atoms with van der Waals surface area (Å²) < 4.78 is 2.13. The number of aromatic nitrogens is 2. The van der Waals surface area contributed by atoms with Gasteiger partial charge in [0.05, 0.1) is 22.9 Å². The van der Waals surface area contributed by atoms with Crippen molar-refractivity contribution < 1.29 is 9.90 Å². The van der Waals surface area contributed by atoms with Gasteiger partial charge < -0.3 is 9.67 Å². The molecule has 1 heterocycles. The van der Waals surface area contributed by atoms with Gasteiger partial charge >= 0.3 is 5.97 Å². The van der Waals surface area contributed by atoms with Gasteiger partial charge in [-0.25, -0.2) is 9.78 Å². The average Bonchev–Trinajstić information content (AvgIpc) is 2.90. The fraction of sp³-hybridized carbons (Fsp3) is 0.529. The second kappa shape index (κ2) is 5.51. The van der Waals surface area contributed by atoms with E-state index < -0.39 is 5.97 Å². The monoisotopic (exact) mass is 286 g/mol. The van der Waals surface area contributed by atoms with Crippen LogP contribution in [-0.4, -0.2) is 20.6 Å². The SMILES string of the molecule is CC(C)C1CCCCC1n1cnc2cccc(C(=O)O)c21. The highest BCUT2D eigenvalue weighted by molar-refractivity contribution is 6.01. The number of benzene rings is 1. The highest BCUT2D eigenvalue weighted by Crippen LogP contribution is 2.40. The van der Waals surface area contributed by atoms with E-state index in [9.17, 15) is 9.90 Å². The Morgan fingerprint density at radius 1 is 1.33 bits per heavy atom. The van der Waals surface area contributed by atoms with Gasteiger partial charge in [-0.05, 0) is 36.8 Å². The molecule has 1 fully saturated rings. The Kier molecular flexibility index (Phi) is 3.70. The number of hydrogen-bond acceptors (Lipinski definition) is 2. The van der Waals surface area contributed by atoms with Crippen molar-refractivity contribution in [2.45, 2.75) is 45.6 Å². The zero-order valence-corrected chi connectivity index (χ0v) is 12.6. The second-order valence-electron chi connectivity index (χ2n) is 6.39. The van der Waals surface area contributed by atoms with Crippen LogP contribution in [0.25, 0.3) is 11.0 Å². The molecule has 0 spiro atoms. The molecule has 3 rings (SSSR count). The van der Waals surface area contributed by atoms with E-state index >= 15 is 0 Å². The first-order valence-corrected chi connectivity index (χ1v) is 7.78. The van der Waals surface area contributed by atoms with Crippen molar-refractivity contribution in [3.63, 3.8) is 0 Å². The van der Waals surface area contributed by atoms with Crippen LogP contribution in [-0.2, 0) is 0 Å². The lowest BCUT2D eigenvalue weighted by atomic mass is 9.77. The van der Waals surface area contributed by atoms with E-state index in [1.165, 1.54) is 19.3 Å². The summed E-state index contributed by atoms with van der Waals surface area (Å²) >= 11 is 0. The first-order valence-electron chi connectivity index (χ1n) is 7.78. The van der Waals surface area contributed by atoms with Crippen molar-refractivity contribution in [2.24, 2.45) is 11.8 Å². The summed E-state index contributed by atoms with van der Waals surface area (Å²) in [6.07, 6.45) is 6.66. The van der Waals surface area contributed by atoms with Crippen LogP contribution >= 0.6 is 0 Å². The van der Waals surface area contributed by atoms with Gasteiger partial charge in [0.2, 0.25) is 0 Å². The quantitative estimate of drug-likeness (QED) is 0.923. The summed E-state index contributed by atoms with van der Waals surface area (Å²) in [5.74, 6) is 0.321. The molecule has 0 bridgehead atoms. The van der Waals surface area contributed by atoms with Gasteiger partial charge in [-0.1, -0.05) is 32.8 Å². The normalized spacial score (nSPS) is 22.8. The van der Waals surface area contributed by atoms with Crippen LogP contribution in [0.3, 0.4) is 0 Å². The van der Waals surface area contributed by atoms with Crippen molar-refractivity contribution in [2.75, 3.05) is 0 Å². The smallest absolute Gasteiger partial charge is 0.337 e. The molecular weight excluding hydrogens is 264 g/mol. The summed E-state index contributed by atoms with van der Waals surface area (Å²) in [5, 5.41) is 9.46. The van der Waals surface area contributed by atoms with E-state index in [1.54, 1.807) is 12.1 Å². The predicted octanol–water partition coefficient (Wildman–Crippen LogP) is 4.12. The molecule has 0 amide bonds. The minimum atomic E-state index is -0.876. The molecule has 1 N–H and O–H groups in total. The van der Waals surface area contributed by atoms with Crippen molar-refractivity contribution >= 4 is 17.0 Å². The molecule has 4 heteroatoms. The van der Waals surface area contributed by atoms with Crippen LogP contribution in [0.2, 0.25) is 0 Å². The summed E-state index contributed by atoms with van der Waals surface area (Å²) in [6, 6.07) is 5.70. The van der Waals surface area contributed by atoms with Gasteiger partial charge in [-0.15, -0.1) is 0 Å². The topological polar surface area (TPSA) is 55.1 Å². The lowest BCUT2D eigenvalue weighted by Crippen LogP contribution is -2.27. The zero-order valence-electron chi connectivity index (χ0n) is 12.6. The number of nitrogens with zero attached hydrogens (tertiary/aromatic N) is 2. The van der Waals surface area contributed by atoms with Crippen molar-refractivity contribution in [3.05, 3.63) is 30.1 Å². The van der Waals surface area contributed by atoms with E-state index in [1.807, 2.05) is 12.4 Å². The fourth-order valence-corrected chi connectivity index (χ4v) is 3.78. The predicted molar refractivity (Wildman–Crippen MR) is 82.5 cm³/mol. The first kappa shape index (κ1) is 14.1. The van der Waals surface area contributed by atoms with E-state index in [0.29, 0.717) is 23.4 Å². The molecule has 0 saturated heterocycles. The Morgan fingerprint density at radius 3 is 2.81 bits per heavy atom. The van der Waals surface area contributed by atoms with E-state index in [-0.39, 0.29) is 0 Å². The number of imidazole rings is 1. The highest BCUT2D eigenvalue weighted by Gasteiger charge is 2.30. The molecule has 1 aliphatic carbocycles. The third kappa shape index (κ3) is 2.43. The summed E-state index contributed by atoms with van der Waals surface area (Å²) in [5.41, 5.74) is 1.92. The number of rotatable bonds is 3. The van der Waals surface area contributed by atoms with Gasteiger partial charge in [0, 0.05) is 6.04 Å². The van der Waals surface area contributed by atoms with Crippen LogP contribution in [0.15, 0.2) is 24.5 Å². The molecule has 0 radical (unpaired) electrons. The van der Waals surface area contributed by atoms with Gasteiger partial charge in [0.1, 0.15) is 0 Å². The van der Waals surface area contributed by atoms with Crippen LogP contribution in [0.5, 0.6) is 0 Å².